The summed E-state index contributed by atoms with van der Waals surface area (Å²) in [5, 5.41) is 20.7. The van der Waals surface area contributed by atoms with Crippen molar-refractivity contribution in [3.63, 3.8) is 0 Å². The number of primary sulfonamides is 1. The van der Waals surface area contributed by atoms with Gasteiger partial charge in [0.25, 0.3) is 15.2 Å². The molecule has 2 aromatic heterocycles. The molecule has 0 amide bonds. The number of hydrogen-bond donors (Lipinski definition) is 1. The third kappa shape index (κ3) is 3.24. The van der Waals surface area contributed by atoms with Crippen LogP contribution >= 0.6 is 0 Å². The molecule has 0 saturated carbocycles. The SMILES string of the molecule is Cc1cc(-c2nnc(S(N)(=O)=O)n2CC(C)C)c(C)nn1. The smallest absolute Gasteiger partial charge is 0.273 e. The Balaban J connectivity index is 2.69. The lowest BCUT2D eigenvalue weighted by atomic mass is 10.1. The van der Waals surface area contributed by atoms with Gasteiger partial charge in [0, 0.05) is 12.1 Å². The lowest BCUT2D eigenvalue weighted by Crippen LogP contribution is -2.20. The fourth-order valence-electron chi connectivity index (χ4n) is 2.00. The summed E-state index contributed by atoms with van der Waals surface area (Å²) >= 11 is 0. The first kappa shape index (κ1) is 15.5. The average molecular weight is 310 g/mol. The Morgan fingerprint density at radius 3 is 2.43 bits per heavy atom. The molecule has 0 aromatic carbocycles. The second-order valence-corrected chi connectivity index (χ2v) is 6.80. The average Bonchev–Trinajstić information content (AvgIpc) is 2.74. The molecule has 2 heterocycles. The highest BCUT2D eigenvalue weighted by Crippen LogP contribution is 2.23. The molecule has 0 radical (unpaired) electrons. The Labute approximate surface area is 123 Å². The topological polar surface area (TPSA) is 117 Å². The molecular weight excluding hydrogens is 292 g/mol. The Bertz CT molecular complexity index is 766. The molecule has 0 fully saturated rings. The molecule has 0 unspecified atom stereocenters. The highest BCUT2D eigenvalue weighted by atomic mass is 32.2. The van der Waals surface area contributed by atoms with E-state index in [-0.39, 0.29) is 11.1 Å². The Morgan fingerprint density at radius 2 is 1.86 bits per heavy atom. The van der Waals surface area contributed by atoms with E-state index in [1.54, 1.807) is 19.9 Å². The van der Waals surface area contributed by atoms with Gasteiger partial charge in [0.05, 0.1) is 11.4 Å². The zero-order valence-corrected chi connectivity index (χ0v) is 13.2. The minimum absolute atomic E-state index is 0.205. The van der Waals surface area contributed by atoms with Gasteiger partial charge in [-0.05, 0) is 25.8 Å². The third-order valence-electron chi connectivity index (χ3n) is 2.86. The molecule has 9 heteroatoms. The quantitative estimate of drug-likeness (QED) is 0.886. The number of nitrogens with two attached hydrogens (primary N) is 1. The minimum Gasteiger partial charge on any atom is -0.296 e. The van der Waals surface area contributed by atoms with Crippen LogP contribution in [0.4, 0.5) is 0 Å². The molecular formula is C12H18N6O2S. The van der Waals surface area contributed by atoms with Gasteiger partial charge in [-0.25, -0.2) is 13.6 Å². The third-order valence-corrected chi connectivity index (χ3v) is 3.67. The van der Waals surface area contributed by atoms with Crippen molar-refractivity contribution in [2.75, 3.05) is 0 Å². The molecule has 0 saturated heterocycles. The van der Waals surface area contributed by atoms with E-state index in [2.05, 4.69) is 20.4 Å². The van der Waals surface area contributed by atoms with Gasteiger partial charge in [0.2, 0.25) is 0 Å². The van der Waals surface area contributed by atoms with E-state index in [0.29, 0.717) is 29.3 Å². The van der Waals surface area contributed by atoms with Crippen molar-refractivity contribution in [2.24, 2.45) is 11.1 Å². The van der Waals surface area contributed by atoms with E-state index in [0.717, 1.165) is 0 Å². The molecule has 2 N–H and O–H groups in total. The van der Waals surface area contributed by atoms with Gasteiger partial charge >= 0.3 is 0 Å². The summed E-state index contributed by atoms with van der Waals surface area (Å²) in [6, 6.07) is 1.80. The van der Waals surface area contributed by atoms with Gasteiger partial charge in [-0.2, -0.15) is 10.2 Å². The van der Waals surface area contributed by atoms with Gasteiger partial charge in [-0.1, -0.05) is 13.8 Å². The first-order valence-electron chi connectivity index (χ1n) is 6.47. The van der Waals surface area contributed by atoms with E-state index in [1.165, 1.54) is 4.57 Å². The summed E-state index contributed by atoms with van der Waals surface area (Å²) < 4.78 is 24.8. The summed E-state index contributed by atoms with van der Waals surface area (Å²) in [7, 11) is -3.94. The number of rotatable bonds is 4. The van der Waals surface area contributed by atoms with Crippen molar-refractivity contribution < 1.29 is 8.42 Å². The molecule has 2 aromatic rings. The molecule has 0 bridgehead atoms. The summed E-state index contributed by atoms with van der Waals surface area (Å²) in [5.41, 5.74) is 2.07. The normalized spacial score (nSPS) is 12.1. The van der Waals surface area contributed by atoms with E-state index in [4.69, 9.17) is 5.14 Å². The molecule has 2 rings (SSSR count). The Hall–Kier alpha value is -1.87. The van der Waals surface area contributed by atoms with Crippen molar-refractivity contribution in [3.05, 3.63) is 17.5 Å². The number of aryl methyl sites for hydroxylation is 2. The molecule has 0 atom stereocenters. The van der Waals surface area contributed by atoms with Crippen LogP contribution in [0.25, 0.3) is 11.4 Å². The number of sulfonamides is 1. The summed E-state index contributed by atoms with van der Waals surface area (Å²) in [4.78, 5) is 0. The maximum Gasteiger partial charge on any atom is 0.273 e. The molecule has 0 aliphatic heterocycles. The first-order chi connectivity index (χ1) is 9.70. The van der Waals surface area contributed by atoms with Gasteiger partial charge in [-0.15, -0.1) is 10.2 Å². The molecule has 0 aliphatic carbocycles. The van der Waals surface area contributed by atoms with E-state index < -0.39 is 10.0 Å². The van der Waals surface area contributed by atoms with E-state index >= 15 is 0 Å². The zero-order chi connectivity index (χ0) is 15.8. The van der Waals surface area contributed by atoms with Gasteiger partial charge in [0.1, 0.15) is 0 Å². The van der Waals surface area contributed by atoms with Gasteiger partial charge in [-0.3, -0.25) is 4.57 Å². The molecule has 21 heavy (non-hydrogen) atoms. The van der Waals surface area contributed by atoms with Crippen molar-refractivity contribution in [2.45, 2.75) is 39.4 Å². The van der Waals surface area contributed by atoms with Gasteiger partial charge < -0.3 is 0 Å². The molecule has 0 spiro atoms. The highest BCUT2D eigenvalue weighted by molar-refractivity contribution is 7.89. The van der Waals surface area contributed by atoms with E-state index in [9.17, 15) is 8.42 Å². The standard InChI is InChI=1S/C12H18N6O2S/c1-7(2)6-18-11(16-17-12(18)21(13,19)20)10-5-8(3)14-15-9(10)4/h5,7H,6H2,1-4H3,(H2,13,19,20). The maximum atomic E-state index is 11.7. The number of hydrogen-bond acceptors (Lipinski definition) is 6. The summed E-state index contributed by atoms with van der Waals surface area (Å²) in [5.74, 6) is 0.639. The van der Waals surface area contributed by atoms with Crippen LogP contribution in [0.2, 0.25) is 0 Å². The van der Waals surface area contributed by atoms with Crippen molar-refractivity contribution in [3.8, 4) is 11.4 Å². The molecule has 0 aliphatic rings. The second kappa shape index (κ2) is 5.49. The Morgan fingerprint density at radius 1 is 1.19 bits per heavy atom. The van der Waals surface area contributed by atoms with Gasteiger partial charge in [0.15, 0.2) is 5.82 Å². The van der Waals surface area contributed by atoms with Crippen LogP contribution in [0.15, 0.2) is 11.2 Å². The van der Waals surface area contributed by atoms with Crippen LogP contribution in [0, 0.1) is 19.8 Å². The number of nitrogens with zero attached hydrogens (tertiary/aromatic N) is 5. The van der Waals surface area contributed by atoms with Crippen LogP contribution < -0.4 is 5.14 Å². The van der Waals surface area contributed by atoms with Crippen LogP contribution in [0.3, 0.4) is 0 Å². The van der Waals surface area contributed by atoms with Crippen molar-refractivity contribution in [1.82, 2.24) is 25.0 Å². The fraction of sp³-hybridized carbons (Fsp3) is 0.500. The minimum atomic E-state index is -3.94. The van der Waals surface area contributed by atoms with E-state index in [1.807, 2.05) is 13.8 Å². The first-order valence-corrected chi connectivity index (χ1v) is 8.02. The molecule has 8 nitrogen and oxygen atoms in total. The zero-order valence-electron chi connectivity index (χ0n) is 12.4. The largest absolute Gasteiger partial charge is 0.296 e. The van der Waals surface area contributed by atoms with Crippen LogP contribution in [0.5, 0.6) is 0 Å². The predicted molar refractivity (Wildman–Crippen MR) is 76.7 cm³/mol. The number of aromatic nitrogens is 5. The predicted octanol–water partition coefficient (Wildman–Crippen LogP) is 0.655. The van der Waals surface area contributed by atoms with Crippen molar-refractivity contribution >= 4 is 10.0 Å². The Kier molecular flexibility index (Phi) is 4.06. The second-order valence-electron chi connectivity index (χ2n) is 5.34. The summed E-state index contributed by atoms with van der Waals surface area (Å²) in [6.45, 7) is 7.97. The van der Waals surface area contributed by atoms with Crippen molar-refractivity contribution in [1.29, 1.82) is 0 Å². The lowest BCUT2D eigenvalue weighted by Gasteiger charge is -2.12. The maximum absolute atomic E-state index is 11.7. The lowest BCUT2D eigenvalue weighted by molar-refractivity contribution is 0.486. The fourth-order valence-corrected chi connectivity index (χ4v) is 2.63. The van der Waals surface area contributed by atoms with Crippen LogP contribution in [-0.4, -0.2) is 33.4 Å². The monoisotopic (exact) mass is 310 g/mol. The molecule has 114 valence electrons. The van der Waals surface area contributed by atoms with Crippen LogP contribution in [0.1, 0.15) is 25.2 Å². The van der Waals surface area contributed by atoms with Crippen LogP contribution in [-0.2, 0) is 16.6 Å². The highest BCUT2D eigenvalue weighted by Gasteiger charge is 2.23. The summed E-state index contributed by atoms with van der Waals surface area (Å²) in [6.07, 6.45) is 0.